The van der Waals surface area contributed by atoms with Crippen molar-refractivity contribution in [2.45, 2.75) is 6.92 Å². The Morgan fingerprint density at radius 3 is 2.62 bits per heavy atom. The molecule has 4 heteroatoms. The highest BCUT2D eigenvalue weighted by molar-refractivity contribution is 6.07. The Bertz CT molecular complexity index is 794. The standard InChI is InChI=1S/C17H13FN2O/c1-12-7-8-15(18)14(11-12)17(21)16-9-10-20(19-16)13-5-3-2-4-6-13/h2-11H,1H3. The first kappa shape index (κ1) is 13.2. The van der Waals surface area contributed by atoms with Gasteiger partial charge in [-0.1, -0.05) is 29.8 Å². The number of aromatic nitrogens is 2. The summed E-state index contributed by atoms with van der Waals surface area (Å²) >= 11 is 0. The van der Waals surface area contributed by atoms with E-state index >= 15 is 0 Å². The Hall–Kier alpha value is -2.75. The van der Waals surface area contributed by atoms with E-state index in [1.165, 1.54) is 6.07 Å². The van der Waals surface area contributed by atoms with Crippen molar-refractivity contribution in [3.05, 3.63) is 83.4 Å². The van der Waals surface area contributed by atoms with Gasteiger partial charge >= 0.3 is 0 Å². The number of hydrogen-bond acceptors (Lipinski definition) is 2. The van der Waals surface area contributed by atoms with E-state index in [2.05, 4.69) is 5.10 Å². The maximum Gasteiger partial charge on any atom is 0.216 e. The second-order valence-corrected chi connectivity index (χ2v) is 4.79. The van der Waals surface area contributed by atoms with Gasteiger partial charge in [0.15, 0.2) is 0 Å². The van der Waals surface area contributed by atoms with Gasteiger partial charge in [0.1, 0.15) is 11.5 Å². The topological polar surface area (TPSA) is 34.9 Å². The van der Waals surface area contributed by atoms with Crippen molar-refractivity contribution >= 4 is 5.78 Å². The fourth-order valence-corrected chi connectivity index (χ4v) is 2.12. The Balaban J connectivity index is 1.96. The monoisotopic (exact) mass is 280 g/mol. The van der Waals surface area contributed by atoms with E-state index in [4.69, 9.17) is 0 Å². The van der Waals surface area contributed by atoms with Crippen LogP contribution in [0.1, 0.15) is 21.6 Å². The van der Waals surface area contributed by atoms with Gasteiger partial charge in [0.2, 0.25) is 5.78 Å². The molecule has 0 aliphatic carbocycles. The van der Waals surface area contributed by atoms with Gasteiger partial charge in [-0.3, -0.25) is 4.79 Å². The summed E-state index contributed by atoms with van der Waals surface area (Å²) in [7, 11) is 0. The van der Waals surface area contributed by atoms with Gasteiger partial charge in [-0.2, -0.15) is 5.10 Å². The second-order valence-electron chi connectivity index (χ2n) is 4.79. The number of nitrogens with zero attached hydrogens (tertiary/aromatic N) is 2. The minimum Gasteiger partial charge on any atom is -0.287 e. The van der Waals surface area contributed by atoms with Crippen LogP contribution in [0, 0.1) is 12.7 Å². The average molecular weight is 280 g/mol. The van der Waals surface area contributed by atoms with Crippen LogP contribution in [0.15, 0.2) is 60.8 Å². The summed E-state index contributed by atoms with van der Waals surface area (Å²) in [5, 5.41) is 4.23. The molecule has 0 unspecified atom stereocenters. The lowest BCUT2D eigenvalue weighted by molar-refractivity contribution is 0.103. The van der Waals surface area contributed by atoms with Crippen molar-refractivity contribution in [1.29, 1.82) is 0 Å². The molecule has 3 aromatic rings. The second kappa shape index (κ2) is 5.32. The van der Waals surface area contributed by atoms with Gasteiger partial charge in [0.05, 0.1) is 11.3 Å². The fourth-order valence-electron chi connectivity index (χ4n) is 2.12. The summed E-state index contributed by atoms with van der Waals surface area (Å²) in [6, 6.07) is 15.5. The number of carbonyl (C=O) groups is 1. The summed E-state index contributed by atoms with van der Waals surface area (Å²) in [6.45, 7) is 1.82. The third kappa shape index (κ3) is 2.60. The summed E-state index contributed by atoms with van der Waals surface area (Å²) in [5.41, 5.74) is 1.96. The van der Waals surface area contributed by atoms with Crippen LogP contribution in [0.3, 0.4) is 0 Å². The van der Waals surface area contributed by atoms with E-state index < -0.39 is 11.6 Å². The zero-order chi connectivity index (χ0) is 14.8. The van der Waals surface area contributed by atoms with Gasteiger partial charge in [-0.15, -0.1) is 0 Å². The predicted molar refractivity (Wildman–Crippen MR) is 78.1 cm³/mol. The minimum atomic E-state index is -0.528. The molecule has 2 aromatic carbocycles. The lowest BCUT2D eigenvalue weighted by Crippen LogP contribution is -2.06. The molecule has 1 aromatic heterocycles. The fraction of sp³-hybridized carbons (Fsp3) is 0.0588. The minimum absolute atomic E-state index is 0.0494. The summed E-state index contributed by atoms with van der Waals surface area (Å²) in [5.74, 6) is -0.939. The molecule has 0 saturated carbocycles. The Kier molecular flexibility index (Phi) is 3.36. The highest BCUT2D eigenvalue weighted by atomic mass is 19.1. The molecule has 0 N–H and O–H groups in total. The molecule has 0 aliphatic rings. The van der Waals surface area contributed by atoms with Crippen LogP contribution in [0.5, 0.6) is 0 Å². The quantitative estimate of drug-likeness (QED) is 0.688. The summed E-state index contributed by atoms with van der Waals surface area (Å²) in [6.07, 6.45) is 1.69. The molecule has 104 valence electrons. The summed E-state index contributed by atoms with van der Waals surface area (Å²) < 4.78 is 15.4. The molecular formula is C17H13FN2O. The number of ketones is 1. The van der Waals surface area contributed by atoms with Crippen LogP contribution in [-0.4, -0.2) is 15.6 Å². The van der Waals surface area contributed by atoms with Crippen LogP contribution in [0.25, 0.3) is 5.69 Å². The highest BCUT2D eigenvalue weighted by Crippen LogP contribution is 2.15. The maximum atomic E-state index is 13.8. The number of benzene rings is 2. The van der Waals surface area contributed by atoms with Crippen molar-refractivity contribution in [3.8, 4) is 5.69 Å². The Labute approximate surface area is 121 Å². The average Bonchev–Trinajstić information content (AvgIpc) is 3.00. The number of rotatable bonds is 3. The Morgan fingerprint density at radius 2 is 1.86 bits per heavy atom. The van der Waals surface area contributed by atoms with E-state index in [0.29, 0.717) is 0 Å². The van der Waals surface area contributed by atoms with Crippen LogP contribution in [0.2, 0.25) is 0 Å². The SMILES string of the molecule is Cc1ccc(F)c(C(=O)c2ccn(-c3ccccc3)n2)c1. The lowest BCUT2D eigenvalue weighted by Gasteiger charge is -2.02. The summed E-state index contributed by atoms with van der Waals surface area (Å²) in [4.78, 5) is 12.3. The smallest absolute Gasteiger partial charge is 0.216 e. The molecule has 0 aliphatic heterocycles. The van der Waals surface area contributed by atoms with Crippen molar-refractivity contribution in [1.82, 2.24) is 9.78 Å². The molecule has 3 rings (SSSR count). The molecule has 0 fully saturated rings. The van der Waals surface area contributed by atoms with Crippen molar-refractivity contribution < 1.29 is 9.18 Å². The predicted octanol–water partition coefficient (Wildman–Crippen LogP) is 3.55. The zero-order valence-corrected chi connectivity index (χ0v) is 11.5. The van der Waals surface area contributed by atoms with E-state index in [-0.39, 0.29) is 11.3 Å². The van der Waals surface area contributed by atoms with Gasteiger partial charge in [0.25, 0.3) is 0 Å². The van der Waals surface area contributed by atoms with Gasteiger partial charge < -0.3 is 0 Å². The number of aryl methyl sites for hydroxylation is 1. The molecule has 3 nitrogen and oxygen atoms in total. The van der Waals surface area contributed by atoms with Crippen LogP contribution < -0.4 is 0 Å². The van der Waals surface area contributed by atoms with Crippen LogP contribution in [0.4, 0.5) is 4.39 Å². The molecular weight excluding hydrogens is 267 g/mol. The van der Waals surface area contributed by atoms with Crippen molar-refractivity contribution in [2.24, 2.45) is 0 Å². The van der Waals surface area contributed by atoms with E-state index in [1.54, 1.807) is 29.1 Å². The number of para-hydroxylation sites is 1. The van der Waals surface area contributed by atoms with E-state index in [0.717, 1.165) is 11.3 Å². The van der Waals surface area contributed by atoms with E-state index in [1.807, 2.05) is 37.3 Å². The first-order valence-corrected chi connectivity index (χ1v) is 6.57. The largest absolute Gasteiger partial charge is 0.287 e. The zero-order valence-electron chi connectivity index (χ0n) is 11.5. The van der Waals surface area contributed by atoms with E-state index in [9.17, 15) is 9.18 Å². The Morgan fingerprint density at radius 1 is 1.10 bits per heavy atom. The lowest BCUT2D eigenvalue weighted by atomic mass is 10.1. The molecule has 0 bridgehead atoms. The van der Waals surface area contributed by atoms with Crippen LogP contribution in [-0.2, 0) is 0 Å². The number of carbonyl (C=O) groups excluding carboxylic acids is 1. The number of halogens is 1. The molecule has 0 radical (unpaired) electrons. The molecule has 1 heterocycles. The highest BCUT2D eigenvalue weighted by Gasteiger charge is 2.17. The normalized spacial score (nSPS) is 10.6. The molecule has 21 heavy (non-hydrogen) atoms. The van der Waals surface area contributed by atoms with Gasteiger partial charge in [-0.05, 0) is 37.3 Å². The molecule has 0 atom stereocenters. The molecule has 0 spiro atoms. The third-order valence-corrected chi connectivity index (χ3v) is 3.21. The first-order chi connectivity index (χ1) is 10.1. The van der Waals surface area contributed by atoms with Crippen molar-refractivity contribution in [3.63, 3.8) is 0 Å². The third-order valence-electron chi connectivity index (χ3n) is 3.21. The van der Waals surface area contributed by atoms with Crippen molar-refractivity contribution in [2.75, 3.05) is 0 Å². The van der Waals surface area contributed by atoms with Crippen LogP contribution >= 0.6 is 0 Å². The van der Waals surface area contributed by atoms with Gasteiger partial charge in [0, 0.05) is 6.20 Å². The van der Waals surface area contributed by atoms with Gasteiger partial charge in [-0.25, -0.2) is 9.07 Å². The molecule has 0 saturated heterocycles. The first-order valence-electron chi connectivity index (χ1n) is 6.57. The number of hydrogen-bond donors (Lipinski definition) is 0. The molecule has 0 amide bonds. The maximum absolute atomic E-state index is 13.8.